The molecule has 0 bridgehead atoms. The lowest BCUT2D eigenvalue weighted by Crippen LogP contribution is -2.39. The van der Waals surface area contributed by atoms with Gasteiger partial charge in [-0.25, -0.2) is 0 Å². The van der Waals surface area contributed by atoms with Crippen LogP contribution in [0.25, 0.3) is 0 Å². The third-order valence-electron chi connectivity index (χ3n) is 11.4. The van der Waals surface area contributed by atoms with Crippen LogP contribution in [0.1, 0.15) is 215 Å². The Hall–Kier alpha value is -1.16. The van der Waals surface area contributed by atoms with Crippen LogP contribution in [0.15, 0.2) is 48.6 Å². The summed E-state index contributed by atoms with van der Waals surface area (Å²) in [5.41, 5.74) is 0.0584. The highest BCUT2D eigenvalue weighted by Crippen LogP contribution is 2.40. The molecule has 0 saturated carbocycles. The molecule has 1 rings (SSSR count). The van der Waals surface area contributed by atoms with E-state index in [1.807, 2.05) is 6.92 Å². The van der Waals surface area contributed by atoms with E-state index in [0.717, 1.165) is 19.4 Å². The van der Waals surface area contributed by atoms with Crippen molar-refractivity contribution >= 4 is 0 Å². The van der Waals surface area contributed by atoms with Gasteiger partial charge in [-0.2, -0.15) is 0 Å². The molecule has 1 saturated heterocycles. The lowest BCUT2D eigenvalue weighted by molar-refractivity contribution is -0.334. The molecule has 51 heavy (non-hydrogen) atoms. The van der Waals surface area contributed by atoms with E-state index >= 15 is 0 Å². The Morgan fingerprint density at radius 3 is 1.39 bits per heavy atom. The molecule has 1 aliphatic heterocycles. The summed E-state index contributed by atoms with van der Waals surface area (Å²) in [6.45, 7) is 17.0. The Labute approximate surface area is 319 Å². The van der Waals surface area contributed by atoms with Crippen molar-refractivity contribution in [1.29, 1.82) is 0 Å². The van der Waals surface area contributed by atoms with Crippen molar-refractivity contribution in [1.82, 2.24) is 0 Å². The highest BCUT2D eigenvalue weighted by atomic mass is 16.9. The van der Waals surface area contributed by atoms with Crippen molar-refractivity contribution in [3.8, 4) is 0 Å². The third kappa shape index (κ3) is 26.3. The smallest absolute Gasteiger partial charge is 0.280 e. The molecule has 0 radical (unpaired) electrons. The van der Waals surface area contributed by atoms with Crippen molar-refractivity contribution in [3.05, 3.63) is 48.6 Å². The molecular formula is C48H88O3. The summed E-state index contributed by atoms with van der Waals surface area (Å²) in [5.74, 6) is 0.199. The van der Waals surface area contributed by atoms with Gasteiger partial charge in [-0.15, -0.1) is 0 Å². The van der Waals surface area contributed by atoms with Crippen molar-refractivity contribution < 1.29 is 14.2 Å². The molecule has 0 aliphatic carbocycles. The Kier molecular flexibility index (Phi) is 30.3. The van der Waals surface area contributed by atoms with Gasteiger partial charge >= 0.3 is 0 Å². The fourth-order valence-electron chi connectivity index (χ4n) is 6.79. The number of unbranched alkanes of at least 4 members (excludes halogenated alkanes) is 18. The molecule has 2 atom stereocenters. The van der Waals surface area contributed by atoms with Crippen LogP contribution in [0, 0.1) is 17.3 Å². The number of rotatable bonds is 35. The Morgan fingerprint density at radius 2 is 0.980 bits per heavy atom. The average molecular weight is 713 g/mol. The summed E-state index contributed by atoms with van der Waals surface area (Å²) < 4.78 is 19.0. The zero-order valence-electron chi connectivity index (χ0n) is 35.4. The van der Waals surface area contributed by atoms with Crippen LogP contribution < -0.4 is 0 Å². The van der Waals surface area contributed by atoms with Gasteiger partial charge in [0.05, 0.1) is 19.3 Å². The first-order chi connectivity index (χ1) is 24.7. The van der Waals surface area contributed by atoms with E-state index in [4.69, 9.17) is 14.2 Å². The molecule has 298 valence electrons. The largest absolute Gasteiger partial charge is 0.327 e. The first kappa shape index (κ1) is 47.9. The van der Waals surface area contributed by atoms with Gasteiger partial charge in [0.1, 0.15) is 0 Å². The fraction of sp³-hybridized carbons (Fsp3) is 0.833. The van der Waals surface area contributed by atoms with E-state index in [9.17, 15) is 0 Å². The molecule has 0 N–H and O–H groups in total. The van der Waals surface area contributed by atoms with E-state index in [0.29, 0.717) is 18.4 Å². The van der Waals surface area contributed by atoms with Gasteiger partial charge in [-0.3, -0.25) is 0 Å². The van der Waals surface area contributed by atoms with Gasteiger partial charge in [0.15, 0.2) is 0 Å². The second-order valence-corrected chi connectivity index (χ2v) is 16.7. The first-order valence-corrected chi connectivity index (χ1v) is 22.3. The molecule has 0 spiro atoms. The molecule has 0 aromatic rings. The van der Waals surface area contributed by atoms with Crippen LogP contribution in [-0.2, 0) is 14.2 Å². The lowest BCUT2D eigenvalue weighted by Gasteiger charge is -2.35. The number of hydrogen-bond acceptors (Lipinski definition) is 3. The molecule has 3 nitrogen and oxygen atoms in total. The van der Waals surface area contributed by atoms with Crippen LogP contribution in [0.5, 0.6) is 0 Å². The predicted octanol–water partition coefficient (Wildman–Crippen LogP) is 15.8. The Morgan fingerprint density at radius 1 is 0.588 bits per heavy atom. The van der Waals surface area contributed by atoms with E-state index < -0.39 is 5.97 Å². The quantitative estimate of drug-likeness (QED) is 0.0484. The zero-order chi connectivity index (χ0) is 37.3. The highest BCUT2D eigenvalue weighted by molar-refractivity contribution is 4.93. The van der Waals surface area contributed by atoms with E-state index in [1.165, 1.54) is 154 Å². The van der Waals surface area contributed by atoms with E-state index in [2.05, 4.69) is 90.2 Å². The van der Waals surface area contributed by atoms with Crippen molar-refractivity contribution in [2.75, 3.05) is 13.2 Å². The predicted molar refractivity (Wildman–Crippen MR) is 225 cm³/mol. The summed E-state index contributed by atoms with van der Waals surface area (Å²) >= 11 is 0. The first-order valence-electron chi connectivity index (χ1n) is 22.3. The van der Waals surface area contributed by atoms with E-state index in [-0.39, 0.29) is 11.5 Å². The van der Waals surface area contributed by atoms with Crippen molar-refractivity contribution in [2.45, 2.75) is 227 Å². The maximum absolute atomic E-state index is 6.45. The lowest BCUT2D eigenvalue weighted by atomic mass is 9.76. The van der Waals surface area contributed by atoms with Crippen LogP contribution >= 0.6 is 0 Å². The average Bonchev–Trinajstić information content (AvgIpc) is 3.52. The number of ether oxygens (including phenoxy) is 3. The molecule has 0 aromatic heterocycles. The Bertz CT molecular complexity index is 835. The summed E-state index contributed by atoms with van der Waals surface area (Å²) in [7, 11) is 0. The fourth-order valence-corrected chi connectivity index (χ4v) is 6.79. The molecule has 1 heterocycles. The van der Waals surface area contributed by atoms with Gasteiger partial charge in [-0.05, 0) is 94.3 Å². The molecule has 2 unspecified atom stereocenters. The summed E-state index contributed by atoms with van der Waals surface area (Å²) in [6.07, 6.45) is 52.7. The van der Waals surface area contributed by atoms with Gasteiger partial charge in [0.25, 0.3) is 5.97 Å². The minimum Gasteiger partial charge on any atom is -0.327 e. The van der Waals surface area contributed by atoms with Crippen LogP contribution in [0.2, 0.25) is 0 Å². The topological polar surface area (TPSA) is 27.7 Å². The maximum atomic E-state index is 6.45. The summed E-state index contributed by atoms with van der Waals surface area (Å²) in [6, 6.07) is 0. The van der Waals surface area contributed by atoms with Gasteiger partial charge in [0, 0.05) is 6.92 Å². The molecule has 1 aliphatic rings. The van der Waals surface area contributed by atoms with Gasteiger partial charge in [0.2, 0.25) is 0 Å². The minimum absolute atomic E-state index is 0.0584. The summed E-state index contributed by atoms with van der Waals surface area (Å²) in [4.78, 5) is 0. The summed E-state index contributed by atoms with van der Waals surface area (Å²) in [5, 5.41) is 0. The highest BCUT2D eigenvalue weighted by Gasteiger charge is 2.46. The van der Waals surface area contributed by atoms with Crippen LogP contribution in [0.4, 0.5) is 0 Å². The van der Waals surface area contributed by atoms with Crippen molar-refractivity contribution in [3.63, 3.8) is 0 Å². The minimum atomic E-state index is -0.909. The van der Waals surface area contributed by atoms with Gasteiger partial charge in [-0.1, -0.05) is 180 Å². The standard InChI is InChI=1S/C48H88O3/c1-8-10-12-14-16-18-20-22-24-26-28-30-32-34-36-38-40-45(42-49-48(7)50-43-46(51-48)47(5,6)44(3)4)41-39-37-35-33-31-29-27-25-23-21-19-17-15-13-11-9-2/h16-19,22-25,44-46H,8-15,20-21,26-43H2,1-7H3/b18-16-,19-17-,24-22-,25-23-. The molecule has 3 heteroatoms. The van der Waals surface area contributed by atoms with Gasteiger partial charge < -0.3 is 14.2 Å². The molecule has 1 fully saturated rings. The molecule has 0 amide bonds. The van der Waals surface area contributed by atoms with E-state index in [1.54, 1.807) is 0 Å². The number of hydrogen-bond donors (Lipinski definition) is 0. The Balaban J connectivity index is 2.30. The number of allylic oxidation sites excluding steroid dienone is 8. The van der Waals surface area contributed by atoms with Crippen LogP contribution in [-0.4, -0.2) is 25.3 Å². The zero-order valence-corrected chi connectivity index (χ0v) is 35.4. The third-order valence-corrected chi connectivity index (χ3v) is 11.4. The second kappa shape index (κ2) is 32.3. The van der Waals surface area contributed by atoms with Crippen LogP contribution in [0.3, 0.4) is 0 Å². The normalized spacial score (nSPS) is 18.8. The molecular weight excluding hydrogens is 625 g/mol. The van der Waals surface area contributed by atoms with Crippen molar-refractivity contribution in [2.24, 2.45) is 17.3 Å². The SMILES string of the molecule is CCCCC/C=C\C/C=C\CCCCCCCCC(CCCCCCCC/C=C\C/C=C\CCCCC)COC1(C)OCC(C(C)(C)C(C)C)O1. The molecule has 0 aromatic carbocycles. The maximum Gasteiger partial charge on any atom is 0.280 e. The second-order valence-electron chi connectivity index (χ2n) is 16.7. The monoisotopic (exact) mass is 713 g/mol.